The summed E-state index contributed by atoms with van der Waals surface area (Å²) in [4.78, 5) is 1.44. The Morgan fingerprint density at radius 2 is 2.06 bits per heavy atom. The van der Waals surface area contributed by atoms with E-state index in [4.69, 9.17) is 5.73 Å². The normalized spacial score (nSPS) is 20.6. The highest BCUT2D eigenvalue weighted by molar-refractivity contribution is 8.00. The van der Waals surface area contributed by atoms with Crippen LogP contribution in [0.4, 0.5) is 0 Å². The van der Waals surface area contributed by atoms with Gasteiger partial charge in [-0.2, -0.15) is 0 Å². The second kappa shape index (κ2) is 5.92. The molecule has 1 aliphatic heterocycles. The quantitative estimate of drug-likeness (QED) is 0.857. The Morgan fingerprint density at radius 1 is 1.29 bits per heavy atom. The van der Waals surface area contributed by atoms with E-state index < -0.39 is 0 Å². The van der Waals surface area contributed by atoms with Gasteiger partial charge < -0.3 is 5.73 Å². The van der Waals surface area contributed by atoms with Gasteiger partial charge in [-0.25, -0.2) is 0 Å². The maximum atomic E-state index is 6.32. The SMILES string of the molecule is CC(C)CCCC(N)C1Cc2ccccc2S1. The largest absolute Gasteiger partial charge is 0.327 e. The van der Waals surface area contributed by atoms with E-state index in [0.29, 0.717) is 11.3 Å². The molecule has 0 aromatic heterocycles. The molecule has 1 aromatic rings. The van der Waals surface area contributed by atoms with Crippen molar-refractivity contribution in [2.45, 2.75) is 55.7 Å². The molecule has 2 atom stereocenters. The number of thioether (sulfide) groups is 1. The van der Waals surface area contributed by atoms with E-state index in [0.717, 1.165) is 12.3 Å². The monoisotopic (exact) mass is 249 g/mol. The summed E-state index contributed by atoms with van der Waals surface area (Å²) in [6.45, 7) is 4.57. The first kappa shape index (κ1) is 13.0. The summed E-state index contributed by atoms with van der Waals surface area (Å²) < 4.78 is 0. The van der Waals surface area contributed by atoms with Gasteiger partial charge in [0.15, 0.2) is 0 Å². The summed E-state index contributed by atoms with van der Waals surface area (Å²) >= 11 is 1.98. The summed E-state index contributed by atoms with van der Waals surface area (Å²) in [6.07, 6.45) is 4.90. The van der Waals surface area contributed by atoms with E-state index in [-0.39, 0.29) is 0 Å². The third kappa shape index (κ3) is 3.49. The fraction of sp³-hybridized carbons (Fsp3) is 0.600. The number of hydrogen-bond donors (Lipinski definition) is 1. The minimum absolute atomic E-state index is 0.353. The van der Waals surface area contributed by atoms with E-state index in [1.54, 1.807) is 0 Å². The van der Waals surface area contributed by atoms with Gasteiger partial charge in [0, 0.05) is 16.2 Å². The molecule has 1 nitrogen and oxygen atoms in total. The Labute approximate surface area is 109 Å². The lowest BCUT2D eigenvalue weighted by Crippen LogP contribution is -2.32. The molecule has 2 unspecified atom stereocenters. The number of fused-ring (bicyclic) bond motifs is 1. The first-order valence-electron chi connectivity index (χ1n) is 6.67. The van der Waals surface area contributed by atoms with Crippen molar-refractivity contribution in [2.75, 3.05) is 0 Å². The van der Waals surface area contributed by atoms with Gasteiger partial charge in [0.25, 0.3) is 0 Å². The van der Waals surface area contributed by atoms with Crippen LogP contribution in [0.2, 0.25) is 0 Å². The highest BCUT2D eigenvalue weighted by atomic mass is 32.2. The van der Waals surface area contributed by atoms with Gasteiger partial charge in [0.05, 0.1) is 0 Å². The number of nitrogens with two attached hydrogens (primary N) is 1. The molecule has 1 heterocycles. The molecular formula is C15H23NS. The van der Waals surface area contributed by atoms with Crippen LogP contribution in [-0.4, -0.2) is 11.3 Å². The van der Waals surface area contributed by atoms with Crippen molar-refractivity contribution in [1.29, 1.82) is 0 Å². The third-order valence-electron chi connectivity index (χ3n) is 3.47. The molecule has 17 heavy (non-hydrogen) atoms. The second-order valence-corrected chi connectivity index (χ2v) is 6.74. The molecule has 2 rings (SSSR count). The molecule has 0 fully saturated rings. The van der Waals surface area contributed by atoms with E-state index in [1.165, 1.54) is 29.7 Å². The molecule has 0 amide bonds. The third-order valence-corrected chi connectivity index (χ3v) is 4.94. The van der Waals surface area contributed by atoms with Crippen LogP contribution in [0.3, 0.4) is 0 Å². The summed E-state index contributed by atoms with van der Waals surface area (Å²) in [5.41, 5.74) is 7.81. The highest BCUT2D eigenvalue weighted by Crippen LogP contribution is 2.38. The van der Waals surface area contributed by atoms with Gasteiger partial charge in [0.2, 0.25) is 0 Å². The second-order valence-electron chi connectivity index (χ2n) is 5.46. The molecule has 1 aromatic carbocycles. The van der Waals surface area contributed by atoms with Crippen LogP contribution in [0, 0.1) is 5.92 Å². The molecule has 0 spiro atoms. The van der Waals surface area contributed by atoms with Crippen LogP contribution in [0.15, 0.2) is 29.2 Å². The topological polar surface area (TPSA) is 26.0 Å². The highest BCUT2D eigenvalue weighted by Gasteiger charge is 2.26. The van der Waals surface area contributed by atoms with Crippen molar-refractivity contribution in [3.63, 3.8) is 0 Å². The van der Waals surface area contributed by atoms with E-state index in [9.17, 15) is 0 Å². The van der Waals surface area contributed by atoms with Crippen molar-refractivity contribution < 1.29 is 0 Å². The Morgan fingerprint density at radius 3 is 2.76 bits per heavy atom. The zero-order valence-corrected chi connectivity index (χ0v) is 11.7. The van der Waals surface area contributed by atoms with Crippen LogP contribution in [0.5, 0.6) is 0 Å². The van der Waals surface area contributed by atoms with E-state index in [1.807, 2.05) is 11.8 Å². The summed E-state index contributed by atoms with van der Waals surface area (Å²) in [5.74, 6) is 0.802. The van der Waals surface area contributed by atoms with Crippen molar-refractivity contribution in [3.8, 4) is 0 Å². The number of rotatable bonds is 5. The molecule has 0 saturated heterocycles. The van der Waals surface area contributed by atoms with Gasteiger partial charge in [-0.3, -0.25) is 0 Å². The van der Waals surface area contributed by atoms with Gasteiger partial charge in [-0.15, -0.1) is 11.8 Å². The molecule has 0 saturated carbocycles. The average Bonchev–Trinajstić information content (AvgIpc) is 2.71. The average molecular weight is 249 g/mol. The maximum absolute atomic E-state index is 6.32. The predicted molar refractivity (Wildman–Crippen MR) is 76.5 cm³/mol. The lowest BCUT2D eigenvalue weighted by atomic mass is 9.99. The standard InChI is InChI=1S/C15H23NS/c1-11(2)6-5-8-13(16)15-10-12-7-3-4-9-14(12)17-15/h3-4,7,9,11,13,15H,5-6,8,10,16H2,1-2H3. The fourth-order valence-corrected chi connectivity index (χ4v) is 3.76. The van der Waals surface area contributed by atoms with Crippen LogP contribution >= 0.6 is 11.8 Å². The van der Waals surface area contributed by atoms with Gasteiger partial charge >= 0.3 is 0 Å². The molecule has 0 radical (unpaired) electrons. The van der Waals surface area contributed by atoms with Crippen LogP contribution in [0.1, 0.15) is 38.7 Å². The van der Waals surface area contributed by atoms with Crippen molar-refractivity contribution in [2.24, 2.45) is 11.7 Å². The summed E-state index contributed by atoms with van der Waals surface area (Å²) in [5, 5.41) is 0.597. The van der Waals surface area contributed by atoms with E-state index >= 15 is 0 Å². The number of benzene rings is 1. The lowest BCUT2D eigenvalue weighted by Gasteiger charge is -2.18. The van der Waals surface area contributed by atoms with Gasteiger partial charge in [-0.05, 0) is 30.4 Å². The predicted octanol–water partition coefficient (Wildman–Crippen LogP) is 3.86. The molecule has 2 heteroatoms. The minimum atomic E-state index is 0.353. The first-order chi connectivity index (χ1) is 8.16. The number of hydrogen-bond acceptors (Lipinski definition) is 2. The molecule has 0 bridgehead atoms. The van der Waals surface area contributed by atoms with Crippen LogP contribution in [-0.2, 0) is 6.42 Å². The van der Waals surface area contributed by atoms with Crippen LogP contribution in [0.25, 0.3) is 0 Å². The molecule has 1 aliphatic rings. The lowest BCUT2D eigenvalue weighted by molar-refractivity contribution is 0.489. The van der Waals surface area contributed by atoms with Gasteiger partial charge in [-0.1, -0.05) is 44.9 Å². The first-order valence-corrected chi connectivity index (χ1v) is 7.55. The fourth-order valence-electron chi connectivity index (χ4n) is 2.40. The Hall–Kier alpha value is -0.470. The smallest absolute Gasteiger partial charge is 0.0287 e. The van der Waals surface area contributed by atoms with Crippen molar-refractivity contribution >= 4 is 11.8 Å². The van der Waals surface area contributed by atoms with Crippen molar-refractivity contribution in [1.82, 2.24) is 0 Å². The van der Waals surface area contributed by atoms with Gasteiger partial charge in [0.1, 0.15) is 0 Å². The maximum Gasteiger partial charge on any atom is 0.0287 e. The Bertz CT molecular complexity index is 337. The zero-order valence-electron chi connectivity index (χ0n) is 10.9. The van der Waals surface area contributed by atoms with E-state index in [2.05, 4.69) is 38.1 Å². The van der Waals surface area contributed by atoms with Crippen molar-refractivity contribution in [3.05, 3.63) is 29.8 Å². The minimum Gasteiger partial charge on any atom is -0.327 e. The Kier molecular flexibility index (Phi) is 4.52. The zero-order chi connectivity index (χ0) is 12.3. The summed E-state index contributed by atoms with van der Waals surface area (Å²) in [7, 11) is 0. The molecule has 0 aliphatic carbocycles. The molecular weight excluding hydrogens is 226 g/mol. The Balaban J connectivity index is 1.81. The molecule has 2 N–H and O–H groups in total. The summed E-state index contributed by atoms with van der Waals surface area (Å²) in [6, 6.07) is 9.07. The van der Waals surface area contributed by atoms with Crippen LogP contribution < -0.4 is 5.73 Å². The molecule has 94 valence electrons.